The van der Waals surface area contributed by atoms with Crippen LogP contribution in [0.25, 0.3) is 16.7 Å². The number of hydrogen-bond donors (Lipinski definition) is 2. The van der Waals surface area contributed by atoms with Crippen molar-refractivity contribution in [2.45, 2.75) is 39.2 Å². The fourth-order valence-corrected chi connectivity index (χ4v) is 4.34. The molecule has 0 aliphatic carbocycles. The zero-order chi connectivity index (χ0) is 23.5. The summed E-state index contributed by atoms with van der Waals surface area (Å²) in [6.07, 6.45) is -0.132. The van der Waals surface area contributed by atoms with Gasteiger partial charge in [0, 0.05) is 22.2 Å². The van der Waals surface area contributed by atoms with Crippen LogP contribution in [0.3, 0.4) is 0 Å². The number of aliphatic hydroxyl groups is 1. The van der Waals surface area contributed by atoms with Crippen molar-refractivity contribution >= 4 is 40.8 Å². The first-order valence-corrected chi connectivity index (χ1v) is 11.0. The number of aliphatic hydroxyl groups excluding tert-OH is 1. The maximum absolute atomic E-state index is 13.1. The quantitative estimate of drug-likeness (QED) is 0.513. The Morgan fingerprint density at radius 1 is 1.16 bits per heavy atom. The Bertz CT molecular complexity index is 1040. The first kappa shape index (κ1) is 24.1. The van der Waals surface area contributed by atoms with Crippen LogP contribution in [0, 0.1) is 6.92 Å². The zero-order valence-electron chi connectivity index (χ0n) is 18.1. The number of ether oxygens (including phenoxy) is 2. The topological polar surface area (TPSA) is 84.9 Å². The molecule has 2 aromatic carbocycles. The van der Waals surface area contributed by atoms with Crippen molar-refractivity contribution < 1.29 is 24.2 Å². The van der Waals surface area contributed by atoms with E-state index in [0.29, 0.717) is 28.5 Å². The van der Waals surface area contributed by atoms with Crippen LogP contribution < -0.4 is 5.32 Å². The second kappa shape index (κ2) is 9.94. The standard InChI is InChI=1S/C24H25Cl2NO5/c1-4-31-23(30)32-21-20(22(29)27-24(21,3)10-5-11-28)19-14(2)12-16(13-18(19)26)15-6-8-17(25)9-7-15/h6-9,12-13,28H,4-5,10-11H2,1-3H3,(H,27,29). The number of amides is 1. The molecule has 1 unspecified atom stereocenters. The molecule has 0 fully saturated rings. The predicted octanol–water partition coefficient (Wildman–Crippen LogP) is 5.51. The maximum Gasteiger partial charge on any atom is 0.513 e. The highest BCUT2D eigenvalue weighted by Crippen LogP contribution is 2.42. The van der Waals surface area contributed by atoms with E-state index in [-0.39, 0.29) is 24.5 Å². The number of hydrogen-bond acceptors (Lipinski definition) is 5. The monoisotopic (exact) mass is 477 g/mol. The number of carbonyl (C=O) groups is 2. The largest absolute Gasteiger partial charge is 0.513 e. The van der Waals surface area contributed by atoms with Crippen LogP contribution in [0.15, 0.2) is 42.2 Å². The molecule has 6 nitrogen and oxygen atoms in total. The third-order valence-electron chi connectivity index (χ3n) is 5.34. The summed E-state index contributed by atoms with van der Waals surface area (Å²) in [5, 5.41) is 13.2. The second-order valence-electron chi connectivity index (χ2n) is 7.76. The fraction of sp³-hybridized carbons (Fsp3) is 0.333. The van der Waals surface area contributed by atoms with Gasteiger partial charge >= 0.3 is 6.16 Å². The van der Waals surface area contributed by atoms with Crippen LogP contribution >= 0.6 is 23.2 Å². The minimum absolute atomic E-state index is 0.0664. The molecular formula is C24H25Cl2NO5. The van der Waals surface area contributed by atoms with Crippen molar-refractivity contribution in [3.63, 3.8) is 0 Å². The predicted molar refractivity (Wildman–Crippen MR) is 125 cm³/mol. The van der Waals surface area contributed by atoms with Gasteiger partial charge in [-0.2, -0.15) is 0 Å². The van der Waals surface area contributed by atoms with Crippen molar-refractivity contribution in [2.75, 3.05) is 13.2 Å². The van der Waals surface area contributed by atoms with Crippen LogP contribution in [0.4, 0.5) is 4.79 Å². The van der Waals surface area contributed by atoms with Crippen molar-refractivity contribution in [3.8, 4) is 11.1 Å². The lowest BCUT2D eigenvalue weighted by molar-refractivity contribution is -0.116. The lowest BCUT2D eigenvalue weighted by atomic mass is 9.90. The summed E-state index contributed by atoms with van der Waals surface area (Å²) >= 11 is 12.7. The molecule has 0 saturated carbocycles. The third kappa shape index (κ3) is 4.93. The molecule has 0 spiro atoms. The van der Waals surface area contributed by atoms with Gasteiger partial charge in [0.05, 0.1) is 17.7 Å². The first-order chi connectivity index (χ1) is 15.2. The number of benzene rings is 2. The molecule has 0 radical (unpaired) electrons. The Kier molecular flexibility index (Phi) is 7.49. The summed E-state index contributed by atoms with van der Waals surface area (Å²) in [4.78, 5) is 25.2. The summed E-state index contributed by atoms with van der Waals surface area (Å²) in [6, 6.07) is 11.0. The Balaban J connectivity index is 2.14. The second-order valence-corrected chi connectivity index (χ2v) is 8.60. The summed E-state index contributed by atoms with van der Waals surface area (Å²) in [7, 11) is 0. The third-order valence-corrected chi connectivity index (χ3v) is 5.89. The lowest BCUT2D eigenvalue weighted by Crippen LogP contribution is -2.42. The molecule has 0 aromatic heterocycles. The van der Waals surface area contributed by atoms with Gasteiger partial charge in [-0.15, -0.1) is 0 Å². The van der Waals surface area contributed by atoms with E-state index >= 15 is 0 Å². The molecule has 2 N–H and O–H groups in total. The molecule has 170 valence electrons. The SMILES string of the molecule is CCOC(=O)OC1=C(c2c(C)cc(-c3ccc(Cl)cc3)cc2Cl)C(=O)NC1(C)CCCO. The van der Waals surface area contributed by atoms with Crippen LogP contribution in [0.1, 0.15) is 37.8 Å². The first-order valence-electron chi connectivity index (χ1n) is 10.3. The molecule has 1 aliphatic rings. The van der Waals surface area contributed by atoms with Gasteiger partial charge in [0.1, 0.15) is 5.76 Å². The van der Waals surface area contributed by atoms with Gasteiger partial charge in [-0.05, 0) is 68.5 Å². The van der Waals surface area contributed by atoms with Gasteiger partial charge in [0.15, 0.2) is 0 Å². The van der Waals surface area contributed by atoms with Crippen LogP contribution in [-0.2, 0) is 14.3 Å². The Morgan fingerprint density at radius 3 is 2.44 bits per heavy atom. The van der Waals surface area contributed by atoms with E-state index in [1.165, 1.54) is 0 Å². The Labute approximate surface area is 197 Å². The maximum atomic E-state index is 13.1. The average Bonchev–Trinajstić information content (AvgIpc) is 2.97. The Hall–Kier alpha value is -2.54. The van der Waals surface area contributed by atoms with E-state index < -0.39 is 17.6 Å². The molecule has 0 saturated heterocycles. The fourth-order valence-electron chi connectivity index (χ4n) is 3.85. The van der Waals surface area contributed by atoms with E-state index in [0.717, 1.165) is 16.7 Å². The molecule has 32 heavy (non-hydrogen) atoms. The molecule has 1 heterocycles. The average molecular weight is 478 g/mol. The Morgan fingerprint density at radius 2 is 1.84 bits per heavy atom. The van der Waals surface area contributed by atoms with Crippen LogP contribution in [-0.4, -0.2) is 35.9 Å². The number of nitrogens with one attached hydrogen (secondary N) is 1. The van der Waals surface area contributed by atoms with E-state index in [4.69, 9.17) is 32.7 Å². The number of carbonyl (C=O) groups excluding carboxylic acids is 2. The van der Waals surface area contributed by atoms with E-state index in [2.05, 4.69) is 5.32 Å². The smallest absolute Gasteiger partial charge is 0.434 e. The van der Waals surface area contributed by atoms with Gasteiger partial charge in [-0.3, -0.25) is 4.79 Å². The number of aryl methyl sites for hydroxylation is 1. The van der Waals surface area contributed by atoms with Crippen LogP contribution in [0.2, 0.25) is 10.0 Å². The summed E-state index contributed by atoms with van der Waals surface area (Å²) in [6.45, 7) is 5.31. The molecule has 3 rings (SSSR count). The normalized spacial score (nSPS) is 18.0. The van der Waals surface area contributed by atoms with Crippen molar-refractivity contribution in [2.24, 2.45) is 0 Å². The molecule has 2 aromatic rings. The van der Waals surface area contributed by atoms with Crippen molar-refractivity contribution in [3.05, 3.63) is 63.3 Å². The molecular weight excluding hydrogens is 453 g/mol. The highest BCUT2D eigenvalue weighted by molar-refractivity contribution is 6.36. The zero-order valence-corrected chi connectivity index (χ0v) is 19.6. The van der Waals surface area contributed by atoms with Gasteiger partial charge in [0.2, 0.25) is 0 Å². The number of halogens is 2. The molecule has 1 amide bonds. The van der Waals surface area contributed by atoms with Crippen LogP contribution in [0.5, 0.6) is 0 Å². The number of rotatable bonds is 7. The van der Waals surface area contributed by atoms with Crippen molar-refractivity contribution in [1.29, 1.82) is 0 Å². The molecule has 0 bridgehead atoms. The lowest BCUT2D eigenvalue weighted by Gasteiger charge is -2.26. The molecule has 1 aliphatic heterocycles. The minimum Gasteiger partial charge on any atom is -0.434 e. The van der Waals surface area contributed by atoms with Crippen molar-refractivity contribution in [1.82, 2.24) is 5.32 Å². The van der Waals surface area contributed by atoms with E-state index in [9.17, 15) is 14.7 Å². The van der Waals surface area contributed by atoms with Gasteiger partial charge in [0.25, 0.3) is 5.91 Å². The molecule has 1 atom stereocenters. The van der Waals surface area contributed by atoms with Gasteiger partial charge in [-0.1, -0.05) is 41.4 Å². The minimum atomic E-state index is -0.994. The summed E-state index contributed by atoms with van der Waals surface area (Å²) < 4.78 is 10.5. The van der Waals surface area contributed by atoms with Gasteiger partial charge < -0.3 is 19.9 Å². The summed E-state index contributed by atoms with van der Waals surface area (Å²) in [5.74, 6) is -0.271. The highest BCUT2D eigenvalue weighted by Gasteiger charge is 2.45. The summed E-state index contributed by atoms with van der Waals surface area (Å²) in [5.41, 5.74) is 2.20. The van der Waals surface area contributed by atoms with E-state index in [1.807, 2.05) is 25.1 Å². The van der Waals surface area contributed by atoms with E-state index in [1.54, 1.807) is 32.0 Å². The molecule has 8 heteroatoms. The highest BCUT2D eigenvalue weighted by atomic mass is 35.5. The van der Waals surface area contributed by atoms with Gasteiger partial charge in [-0.25, -0.2) is 4.79 Å².